The van der Waals surface area contributed by atoms with E-state index in [9.17, 15) is 29.4 Å². The summed E-state index contributed by atoms with van der Waals surface area (Å²) < 4.78 is 7.65. The highest BCUT2D eigenvalue weighted by molar-refractivity contribution is 6.45. The highest BCUT2D eigenvalue weighted by Crippen LogP contribution is 2.42. The summed E-state index contributed by atoms with van der Waals surface area (Å²) in [7, 11) is 0. The Balaban J connectivity index is 1.88. The van der Waals surface area contributed by atoms with E-state index in [0.717, 1.165) is 25.7 Å². The fourth-order valence-electron chi connectivity index (χ4n) is 5.75. The number of primary amides is 1. The molecule has 1 saturated carbocycles. The lowest BCUT2D eigenvalue weighted by atomic mass is 9.75. The van der Waals surface area contributed by atoms with Gasteiger partial charge in [0, 0.05) is 18.7 Å². The number of fused-ring (bicyclic) bond motifs is 1. The van der Waals surface area contributed by atoms with Crippen molar-refractivity contribution in [1.82, 2.24) is 4.57 Å². The number of nitrogens with zero attached hydrogens (tertiary/aromatic N) is 1. The molecule has 38 heavy (non-hydrogen) atoms. The minimum atomic E-state index is -1.22. The number of Topliss-reactive ketones (excluding diaryl/α,β-unsaturated/α-hetero) is 1. The van der Waals surface area contributed by atoms with Gasteiger partial charge in [-0.05, 0) is 55.2 Å². The summed E-state index contributed by atoms with van der Waals surface area (Å²) in [4.78, 5) is 47.7. The number of carbonyl (C=O) groups is 4. The van der Waals surface area contributed by atoms with Crippen LogP contribution in [-0.4, -0.2) is 45.0 Å². The number of carbonyl (C=O) groups excluding carboxylic acids is 2. The topological polar surface area (TPSA) is 149 Å². The Morgan fingerprint density at radius 3 is 2.37 bits per heavy atom. The van der Waals surface area contributed by atoms with Crippen molar-refractivity contribution in [2.24, 2.45) is 11.7 Å². The van der Waals surface area contributed by atoms with Crippen LogP contribution in [0.4, 0.5) is 0 Å². The molecule has 3 aromatic rings. The Morgan fingerprint density at radius 1 is 1.00 bits per heavy atom. The number of hydrogen-bond donors (Lipinski definition) is 3. The molecule has 1 fully saturated rings. The second kappa shape index (κ2) is 11.5. The van der Waals surface area contributed by atoms with Gasteiger partial charge in [-0.15, -0.1) is 0 Å². The van der Waals surface area contributed by atoms with Gasteiger partial charge in [-0.1, -0.05) is 49.2 Å². The monoisotopic (exact) mass is 520 g/mol. The number of carboxylic acids is 2. The van der Waals surface area contributed by atoms with Crippen LogP contribution in [0.2, 0.25) is 0 Å². The number of aliphatic carboxylic acids is 2. The average Bonchev–Trinajstić information content (AvgIpc) is 3.17. The quantitative estimate of drug-likeness (QED) is 0.255. The van der Waals surface area contributed by atoms with E-state index < -0.39 is 30.2 Å². The third-order valence-corrected chi connectivity index (χ3v) is 7.48. The predicted molar refractivity (Wildman–Crippen MR) is 140 cm³/mol. The summed E-state index contributed by atoms with van der Waals surface area (Å²) in [6.45, 7) is 1.64. The molecule has 1 aliphatic carbocycles. The molecular weight excluding hydrogens is 488 g/mol. The standard InChI is InChI=1S/C29H32N2O7/c1-17-25(27(36)29(30)37)26-22(13-11-19(12-14-23(32)33)28(26)38-16-24(34)35)31(17)15-20-9-5-6-10-21(20)18-7-3-2-4-8-18/h2-4,7-8,11,13,20-21H,5-6,9-10,12,14-16H2,1H3,(H2,30,37)(H,32,33)(H,34,35). The first-order valence-corrected chi connectivity index (χ1v) is 12.8. The molecule has 2 aromatic carbocycles. The second-order valence-electron chi connectivity index (χ2n) is 9.85. The maximum absolute atomic E-state index is 13.1. The smallest absolute Gasteiger partial charge is 0.341 e. The lowest BCUT2D eigenvalue weighted by Crippen LogP contribution is -2.25. The summed E-state index contributed by atoms with van der Waals surface area (Å²) in [5, 5.41) is 18.8. The molecule has 0 bridgehead atoms. The van der Waals surface area contributed by atoms with Gasteiger partial charge in [0.05, 0.1) is 16.5 Å². The van der Waals surface area contributed by atoms with E-state index in [4.69, 9.17) is 10.5 Å². The Morgan fingerprint density at radius 2 is 1.71 bits per heavy atom. The molecule has 1 aliphatic rings. The molecule has 0 spiro atoms. The third kappa shape index (κ3) is 5.56. The molecule has 1 heterocycles. The first-order valence-electron chi connectivity index (χ1n) is 12.8. The van der Waals surface area contributed by atoms with Gasteiger partial charge < -0.3 is 25.3 Å². The molecular formula is C29H32N2O7. The molecule has 2 atom stereocenters. The van der Waals surface area contributed by atoms with Crippen molar-refractivity contribution < 1.29 is 34.1 Å². The van der Waals surface area contributed by atoms with Crippen LogP contribution in [0.5, 0.6) is 5.75 Å². The number of rotatable bonds is 11. The molecule has 0 radical (unpaired) electrons. The van der Waals surface area contributed by atoms with Gasteiger partial charge in [0.25, 0.3) is 11.7 Å². The second-order valence-corrected chi connectivity index (χ2v) is 9.85. The molecule has 9 heteroatoms. The van der Waals surface area contributed by atoms with E-state index >= 15 is 0 Å². The predicted octanol–water partition coefficient (Wildman–Crippen LogP) is 4.07. The van der Waals surface area contributed by atoms with Crippen molar-refractivity contribution in [2.45, 2.75) is 57.9 Å². The molecule has 4 N–H and O–H groups in total. The van der Waals surface area contributed by atoms with E-state index in [1.807, 2.05) is 22.8 Å². The third-order valence-electron chi connectivity index (χ3n) is 7.48. The van der Waals surface area contributed by atoms with E-state index in [1.54, 1.807) is 19.1 Å². The summed E-state index contributed by atoms with van der Waals surface area (Å²) in [6, 6.07) is 13.8. The van der Waals surface area contributed by atoms with Gasteiger partial charge in [-0.3, -0.25) is 14.4 Å². The van der Waals surface area contributed by atoms with Crippen LogP contribution >= 0.6 is 0 Å². The fraction of sp³-hybridized carbons (Fsp3) is 0.379. The minimum absolute atomic E-state index is 0.0629. The van der Waals surface area contributed by atoms with Gasteiger partial charge in [-0.25, -0.2) is 4.79 Å². The Labute approximate surface area is 220 Å². The molecule has 9 nitrogen and oxygen atoms in total. The van der Waals surface area contributed by atoms with Crippen LogP contribution in [0.1, 0.15) is 65.2 Å². The molecule has 1 amide bonds. The van der Waals surface area contributed by atoms with Crippen molar-refractivity contribution in [2.75, 3.05) is 6.61 Å². The van der Waals surface area contributed by atoms with E-state index in [1.165, 1.54) is 5.56 Å². The summed E-state index contributed by atoms with van der Waals surface area (Å²) in [5.74, 6) is -3.58. The van der Waals surface area contributed by atoms with Gasteiger partial charge in [0.2, 0.25) is 0 Å². The first-order chi connectivity index (χ1) is 18.2. The zero-order chi connectivity index (χ0) is 27.4. The minimum Gasteiger partial charge on any atom is -0.481 e. The largest absolute Gasteiger partial charge is 0.481 e. The molecule has 1 aromatic heterocycles. The number of ether oxygens (including phenoxy) is 1. The highest BCUT2D eigenvalue weighted by atomic mass is 16.5. The molecule has 200 valence electrons. The van der Waals surface area contributed by atoms with Crippen molar-refractivity contribution in [3.63, 3.8) is 0 Å². The number of amides is 1. The zero-order valence-electron chi connectivity index (χ0n) is 21.3. The molecule has 2 unspecified atom stereocenters. The highest BCUT2D eigenvalue weighted by Gasteiger charge is 2.31. The summed E-state index contributed by atoms with van der Waals surface area (Å²) in [6.07, 6.45) is 4.11. The summed E-state index contributed by atoms with van der Waals surface area (Å²) in [5.41, 5.74) is 8.34. The maximum atomic E-state index is 13.1. The average molecular weight is 521 g/mol. The Hall–Kier alpha value is -4.14. The molecule has 0 saturated heterocycles. The van der Waals surface area contributed by atoms with Crippen LogP contribution in [0, 0.1) is 12.8 Å². The van der Waals surface area contributed by atoms with Gasteiger partial charge >= 0.3 is 11.9 Å². The number of benzene rings is 2. The SMILES string of the molecule is Cc1c(C(=O)C(N)=O)c2c(OCC(=O)O)c(CCC(=O)O)ccc2n1CC1CCCCC1c1ccccc1. The normalized spacial score (nSPS) is 17.3. The van der Waals surface area contributed by atoms with Crippen molar-refractivity contribution >= 4 is 34.5 Å². The number of aromatic nitrogens is 1. The van der Waals surface area contributed by atoms with Crippen LogP contribution in [0.15, 0.2) is 42.5 Å². The van der Waals surface area contributed by atoms with Gasteiger partial charge in [-0.2, -0.15) is 0 Å². The number of carboxylic acid groups (broad SMARTS) is 2. The zero-order valence-corrected chi connectivity index (χ0v) is 21.3. The van der Waals surface area contributed by atoms with E-state index in [-0.39, 0.29) is 30.1 Å². The number of nitrogens with two attached hydrogens (primary N) is 1. The van der Waals surface area contributed by atoms with E-state index in [2.05, 4.69) is 12.1 Å². The number of hydrogen-bond acceptors (Lipinski definition) is 5. The number of aryl methyl sites for hydroxylation is 1. The Bertz CT molecular complexity index is 1380. The maximum Gasteiger partial charge on any atom is 0.341 e. The van der Waals surface area contributed by atoms with Crippen LogP contribution < -0.4 is 10.5 Å². The Kier molecular flexibility index (Phi) is 8.14. The van der Waals surface area contributed by atoms with Crippen LogP contribution in [0.3, 0.4) is 0 Å². The molecule has 0 aliphatic heterocycles. The summed E-state index contributed by atoms with van der Waals surface area (Å²) >= 11 is 0. The fourth-order valence-corrected chi connectivity index (χ4v) is 5.75. The van der Waals surface area contributed by atoms with Crippen molar-refractivity contribution in [3.8, 4) is 5.75 Å². The molecule has 4 rings (SSSR count). The van der Waals surface area contributed by atoms with Crippen molar-refractivity contribution in [3.05, 3.63) is 64.8 Å². The van der Waals surface area contributed by atoms with Crippen molar-refractivity contribution in [1.29, 1.82) is 0 Å². The lowest BCUT2D eigenvalue weighted by Gasteiger charge is -2.33. The van der Waals surface area contributed by atoms with Crippen LogP contribution in [-0.2, 0) is 27.3 Å². The first kappa shape index (κ1) is 26.9. The van der Waals surface area contributed by atoms with Gasteiger partial charge in [0.15, 0.2) is 6.61 Å². The lowest BCUT2D eigenvalue weighted by molar-refractivity contribution is -0.139. The van der Waals surface area contributed by atoms with Gasteiger partial charge in [0.1, 0.15) is 5.75 Å². The van der Waals surface area contributed by atoms with E-state index in [0.29, 0.717) is 34.6 Å². The number of ketones is 1. The van der Waals surface area contributed by atoms with Crippen LogP contribution in [0.25, 0.3) is 10.9 Å².